The van der Waals surface area contributed by atoms with E-state index in [4.69, 9.17) is 0 Å². The summed E-state index contributed by atoms with van der Waals surface area (Å²) < 4.78 is 0. The van der Waals surface area contributed by atoms with Crippen molar-refractivity contribution < 1.29 is 5.11 Å². The lowest BCUT2D eigenvalue weighted by molar-refractivity contribution is 0.0432. The van der Waals surface area contributed by atoms with Gasteiger partial charge in [-0.25, -0.2) is 0 Å². The summed E-state index contributed by atoms with van der Waals surface area (Å²) in [5.74, 6) is 1.65. The lowest BCUT2D eigenvalue weighted by atomic mass is 9.84. The number of thioether (sulfide) groups is 1. The van der Waals surface area contributed by atoms with Gasteiger partial charge >= 0.3 is 0 Å². The number of piperidine rings is 3. The standard InChI is InChI=1S/C12H24N2OS/c1-12(15,9-16-2)8-13-11-7-14-5-3-10(11)4-6-14/h10-11,13,15H,3-9H2,1-2H3. The van der Waals surface area contributed by atoms with Gasteiger partial charge in [0.1, 0.15) is 0 Å². The van der Waals surface area contributed by atoms with Gasteiger partial charge in [0, 0.05) is 24.9 Å². The summed E-state index contributed by atoms with van der Waals surface area (Å²) in [5.41, 5.74) is -0.564. The molecule has 16 heavy (non-hydrogen) atoms. The first-order chi connectivity index (χ1) is 7.61. The van der Waals surface area contributed by atoms with Crippen molar-refractivity contribution in [3.63, 3.8) is 0 Å². The van der Waals surface area contributed by atoms with Crippen LogP contribution < -0.4 is 5.32 Å². The molecule has 2 N–H and O–H groups in total. The third kappa shape index (κ3) is 3.13. The minimum Gasteiger partial charge on any atom is -0.388 e. The highest BCUT2D eigenvalue weighted by atomic mass is 32.2. The van der Waals surface area contributed by atoms with E-state index < -0.39 is 5.60 Å². The van der Waals surface area contributed by atoms with Gasteiger partial charge in [0.2, 0.25) is 0 Å². The smallest absolute Gasteiger partial charge is 0.0833 e. The molecule has 2 unspecified atom stereocenters. The second kappa shape index (κ2) is 5.25. The number of aliphatic hydroxyl groups is 1. The van der Waals surface area contributed by atoms with Gasteiger partial charge in [-0.3, -0.25) is 0 Å². The van der Waals surface area contributed by atoms with Crippen molar-refractivity contribution in [2.45, 2.75) is 31.4 Å². The molecule has 0 aromatic heterocycles. The first kappa shape index (κ1) is 12.7. The molecule has 2 atom stereocenters. The number of nitrogens with one attached hydrogen (secondary N) is 1. The molecule has 0 spiro atoms. The quantitative estimate of drug-likeness (QED) is 0.749. The average Bonchev–Trinajstić information content (AvgIpc) is 2.28. The van der Waals surface area contributed by atoms with Gasteiger partial charge in [-0.2, -0.15) is 11.8 Å². The first-order valence-corrected chi connectivity index (χ1v) is 7.67. The lowest BCUT2D eigenvalue weighted by Crippen LogP contribution is -2.58. The number of hydrogen-bond acceptors (Lipinski definition) is 4. The van der Waals surface area contributed by atoms with Crippen LogP contribution in [0.1, 0.15) is 19.8 Å². The summed E-state index contributed by atoms with van der Waals surface area (Å²) in [6.07, 6.45) is 4.72. The van der Waals surface area contributed by atoms with Crippen LogP contribution in [0.15, 0.2) is 0 Å². The van der Waals surface area contributed by atoms with Crippen molar-refractivity contribution in [1.29, 1.82) is 0 Å². The Morgan fingerprint density at radius 3 is 2.62 bits per heavy atom. The van der Waals surface area contributed by atoms with Gasteiger partial charge in [-0.15, -0.1) is 0 Å². The molecule has 3 heterocycles. The fourth-order valence-corrected chi connectivity index (χ4v) is 3.63. The Balaban J connectivity index is 1.78. The van der Waals surface area contributed by atoms with E-state index in [2.05, 4.69) is 10.2 Å². The monoisotopic (exact) mass is 244 g/mol. The number of hydrogen-bond donors (Lipinski definition) is 2. The molecule has 0 aromatic rings. The van der Waals surface area contributed by atoms with Gasteiger partial charge in [0.05, 0.1) is 5.60 Å². The lowest BCUT2D eigenvalue weighted by Gasteiger charge is -2.45. The van der Waals surface area contributed by atoms with Crippen molar-refractivity contribution in [1.82, 2.24) is 10.2 Å². The highest BCUT2D eigenvalue weighted by molar-refractivity contribution is 7.98. The minimum absolute atomic E-state index is 0.564. The highest BCUT2D eigenvalue weighted by Gasteiger charge is 2.34. The summed E-state index contributed by atoms with van der Waals surface area (Å²) in [4.78, 5) is 2.54. The van der Waals surface area contributed by atoms with Crippen molar-refractivity contribution >= 4 is 11.8 Å². The highest BCUT2D eigenvalue weighted by Crippen LogP contribution is 2.27. The molecule has 3 saturated heterocycles. The van der Waals surface area contributed by atoms with Crippen LogP contribution in [0.2, 0.25) is 0 Å². The Bertz CT molecular complexity index is 227. The maximum Gasteiger partial charge on any atom is 0.0833 e. The zero-order valence-electron chi connectivity index (χ0n) is 10.4. The van der Waals surface area contributed by atoms with Gasteiger partial charge in [-0.05, 0) is 45.0 Å². The first-order valence-electron chi connectivity index (χ1n) is 6.28. The van der Waals surface area contributed by atoms with Crippen LogP contribution in [-0.4, -0.2) is 59.8 Å². The largest absolute Gasteiger partial charge is 0.388 e. The Labute approximate surface area is 103 Å². The Morgan fingerprint density at radius 1 is 1.44 bits per heavy atom. The average molecular weight is 244 g/mol. The fraction of sp³-hybridized carbons (Fsp3) is 1.00. The maximum atomic E-state index is 10.1. The molecule has 3 aliphatic heterocycles. The summed E-state index contributed by atoms with van der Waals surface area (Å²) >= 11 is 1.71. The van der Waals surface area contributed by atoms with E-state index in [0.29, 0.717) is 6.04 Å². The topological polar surface area (TPSA) is 35.5 Å². The van der Waals surface area contributed by atoms with Crippen molar-refractivity contribution in [2.75, 3.05) is 38.2 Å². The molecule has 3 fully saturated rings. The summed E-state index contributed by atoms with van der Waals surface area (Å²) in [5, 5.41) is 13.7. The Morgan fingerprint density at radius 2 is 2.12 bits per heavy atom. The van der Waals surface area contributed by atoms with Crippen molar-refractivity contribution in [2.24, 2.45) is 5.92 Å². The maximum absolute atomic E-state index is 10.1. The SMILES string of the molecule is CSCC(C)(O)CNC1CN2CCC1CC2. The zero-order chi connectivity index (χ0) is 11.6. The fourth-order valence-electron chi connectivity index (χ4n) is 2.91. The third-order valence-corrected chi connectivity index (χ3v) is 4.77. The van der Waals surface area contributed by atoms with Crippen LogP contribution in [0.4, 0.5) is 0 Å². The molecule has 0 radical (unpaired) electrons. The number of nitrogens with zero attached hydrogens (tertiary/aromatic N) is 1. The molecule has 0 aliphatic carbocycles. The van der Waals surface area contributed by atoms with Gasteiger partial charge in [0.25, 0.3) is 0 Å². The van der Waals surface area contributed by atoms with E-state index in [1.165, 1.54) is 32.5 Å². The summed E-state index contributed by atoms with van der Waals surface area (Å²) in [6, 6.07) is 0.607. The molecule has 0 aromatic carbocycles. The van der Waals surface area contributed by atoms with Crippen LogP contribution >= 0.6 is 11.8 Å². The van der Waals surface area contributed by atoms with Crippen LogP contribution in [0.5, 0.6) is 0 Å². The zero-order valence-corrected chi connectivity index (χ0v) is 11.2. The molecule has 3 aliphatic rings. The van der Waals surface area contributed by atoms with Crippen LogP contribution in [0.25, 0.3) is 0 Å². The van der Waals surface area contributed by atoms with Crippen molar-refractivity contribution in [3.05, 3.63) is 0 Å². The Kier molecular flexibility index (Phi) is 4.16. The summed E-state index contributed by atoms with van der Waals surface area (Å²) in [6.45, 7) is 6.40. The van der Waals surface area contributed by atoms with Crippen molar-refractivity contribution in [3.8, 4) is 0 Å². The number of rotatable bonds is 5. The molecule has 3 nitrogen and oxygen atoms in total. The molecule has 3 rings (SSSR count). The molecule has 2 bridgehead atoms. The van der Waals surface area contributed by atoms with Crippen LogP contribution in [0.3, 0.4) is 0 Å². The van der Waals surface area contributed by atoms with E-state index in [-0.39, 0.29) is 0 Å². The van der Waals surface area contributed by atoms with Crippen LogP contribution in [0, 0.1) is 5.92 Å². The minimum atomic E-state index is -0.564. The van der Waals surface area contributed by atoms with Gasteiger partial charge in [0.15, 0.2) is 0 Å². The molecular weight excluding hydrogens is 220 g/mol. The molecular formula is C12H24N2OS. The van der Waals surface area contributed by atoms with Gasteiger partial charge in [-0.1, -0.05) is 0 Å². The molecule has 4 heteroatoms. The second-order valence-electron chi connectivity index (χ2n) is 5.56. The van der Waals surface area contributed by atoms with Crippen LogP contribution in [-0.2, 0) is 0 Å². The molecule has 0 saturated carbocycles. The Hall–Kier alpha value is 0.230. The predicted octanol–water partition coefficient (Wildman–Crippen LogP) is 0.784. The van der Waals surface area contributed by atoms with Gasteiger partial charge < -0.3 is 15.3 Å². The predicted molar refractivity (Wildman–Crippen MR) is 70.0 cm³/mol. The van der Waals surface area contributed by atoms with E-state index in [9.17, 15) is 5.11 Å². The number of fused-ring (bicyclic) bond motifs is 3. The molecule has 0 amide bonds. The second-order valence-corrected chi connectivity index (χ2v) is 6.42. The third-order valence-electron chi connectivity index (χ3n) is 3.86. The van der Waals surface area contributed by atoms with E-state index >= 15 is 0 Å². The summed E-state index contributed by atoms with van der Waals surface area (Å²) in [7, 11) is 0. The normalized spacial score (nSPS) is 37.3. The van der Waals surface area contributed by atoms with E-state index in [0.717, 1.165) is 18.2 Å². The van der Waals surface area contributed by atoms with E-state index in [1.807, 2.05) is 13.2 Å². The molecule has 94 valence electrons. The van der Waals surface area contributed by atoms with E-state index in [1.54, 1.807) is 11.8 Å².